The number of carbonyl (C=O) groups is 2. The molecule has 1 atom stereocenters. The van der Waals surface area contributed by atoms with Crippen LogP contribution in [0.3, 0.4) is 0 Å². The van der Waals surface area contributed by atoms with E-state index in [0.29, 0.717) is 31.1 Å². The molecule has 0 bridgehead atoms. The summed E-state index contributed by atoms with van der Waals surface area (Å²) < 4.78 is 19.1. The molecule has 1 N–H and O–H groups in total. The number of ether oxygens (including phenoxy) is 1. The molecule has 1 saturated carbocycles. The van der Waals surface area contributed by atoms with Gasteiger partial charge in [0.05, 0.1) is 0 Å². The number of nitrogens with one attached hydrogen (secondary N) is 1. The number of hydrogen-bond acceptors (Lipinski definition) is 4. The number of nitrogens with zero attached hydrogens (tertiary/aromatic N) is 2. The Morgan fingerprint density at radius 2 is 1.71 bits per heavy atom. The lowest BCUT2D eigenvalue weighted by atomic mass is 9.79. The molecule has 2 aromatic rings. The van der Waals surface area contributed by atoms with Crippen molar-refractivity contribution in [3.8, 4) is 11.5 Å². The van der Waals surface area contributed by atoms with E-state index in [1.165, 1.54) is 49.8 Å². The number of benzene rings is 2. The monoisotopic (exact) mass is 585 g/mol. The van der Waals surface area contributed by atoms with Crippen LogP contribution < -0.4 is 10.1 Å². The molecule has 0 unspecified atom stereocenters. The fourth-order valence-corrected chi connectivity index (χ4v) is 6.77. The summed E-state index contributed by atoms with van der Waals surface area (Å²) in [6.07, 6.45) is 11.1. The molecule has 2 amide bonds. The van der Waals surface area contributed by atoms with E-state index < -0.39 is 5.54 Å². The van der Waals surface area contributed by atoms with Crippen LogP contribution in [0.4, 0.5) is 4.39 Å². The number of carbonyl (C=O) groups excluding carboxylic acids is 2. The highest BCUT2D eigenvalue weighted by Gasteiger charge is 2.53. The van der Waals surface area contributed by atoms with Crippen molar-refractivity contribution in [2.75, 3.05) is 26.2 Å². The number of rotatable bonds is 10. The van der Waals surface area contributed by atoms with Crippen molar-refractivity contribution in [3.05, 3.63) is 59.9 Å². The van der Waals surface area contributed by atoms with Gasteiger partial charge >= 0.3 is 0 Å². The molecule has 41 heavy (non-hydrogen) atoms. The molecule has 1 spiro atoms. The summed E-state index contributed by atoms with van der Waals surface area (Å²) in [5.74, 6) is 1.81. The van der Waals surface area contributed by atoms with Crippen molar-refractivity contribution in [1.29, 1.82) is 0 Å². The van der Waals surface area contributed by atoms with E-state index in [1.807, 2.05) is 23.1 Å². The zero-order valence-electron chi connectivity index (χ0n) is 24.3. The quantitative estimate of drug-likeness (QED) is 0.345. The standard InChI is InChI=1S/C33H44FN3O3.ClH/c1-2-3-19-37-31(38)30(24-25-8-5-4-6-9-25)35-32(39)33(37)17-21-36(22-18-33)20-16-26-10-7-11-29(23-26)40-28-14-12-27(34)13-15-28;/h7,10-15,23,25,30H,2-6,8-9,16-22,24H2,1H3,(H,35,39);1H/t30-;/m0./s1. The second-order valence-electron chi connectivity index (χ2n) is 11.9. The molecule has 224 valence electrons. The number of amides is 2. The number of likely N-dealkylation sites (tertiary alicyclic amines) is 1. The predicted molar refractivity (Wildman–Crippen MR) is 162 cm³/mol. The first-order valence-corrected chi connectivity index (χ1v) is 15.3. The van der Waals surface area contributed by atoms with E-state index in [9.17, 15) is 14.0 Å². The molecule has 5 rings (SSSR count). The van der Waals surface area contributed by atoms with E-state index in [4.69, 9.17) is 4.74 Å². The summed E-state index contributed by atoms with van der Waals surface area (Å²) in [6, 6.07) is 13.7. The van der Waals surface area contributed by atoms with Gasteiger partial charge in [-0.05, 0) is 80.0 Å². The summed E-state index contributed by atoms with van der Waals surface area (Å²) in [4.78, 5) is 31.8. The van der Waals surface area contributed by atoms with E-state index in [-0.39, 0.29) is 36.1 Å². The Hall–Kier alpha value is -2.64. The van der Waals surface area contributed by atoms with Crippen molar-refractivity contribution in [3.63, 3.8) is 0 Å². The molecular weight excluding hydrogens is 541 g/mol. The molecule has 2 aliphatic heterocycles. The van der Waals surface area contributed by atoms with E-state index in [0.717, 1.165) is 51.1 Å². The van der Waals surface area contributed by atoms with Gasteiger partial charge < -0.3 is 19.9 Å². The maximum atomic E-state index is 13.8. The Kier molecular flexibility index (Phi) is 11.1. The van der Waals surface area contributed by atoms with Gasteiger partial charge in [0.2, 0.25) is 11.8 Å². The predicted octanol–water partition coefficient (Wildman–Crippen LogP) is 6.51. The van der Waals surface area contributed by atoms with E-state index in [2.05, 4.69) is 23.2 Å². The summed E-state index contributed by atoms with van der Waals surface area (Å²) >= 11 is 0. The minimum absolute atomic E-state index is 0. The highest BCUT2D eigenvalue weighted by atomic mass is 35.5. The van der Waals surface area contributed by atoms with Crippen LogP contribution in [0.2, 0.25) is 0 Å². The third-order valence-electron chi connectivity index (χ3n) is 9.19. The third kappa shape index (κ3) is 7.61. The number of piperidine rings is 1. The topological polar surface area (TPSA) is 61.9 Å². The van der Waals surface area contributed by atoms with Gasteiger partial charge in [0, 0.05) is 26.2 Å². The maximum Gasteiger partial charge on any atom is 0.246 e. The SMILES string of the molecule is CCCCN1C(=O)[C@H](CC2CCCCC2)NC(=O)C12CCN(CCc1cccc(Oc3ccc(F)cc3)c1)CC2.Cl. The fourth-order valence-electron chi connectivity index (χ4n) is 6.77. The molecule has 2 saturated heterocycles. The first-order chi connectivity index (χ1) is 19.5. The van der Waals surface area contributed by atoms with Gasteiger partial charge in [-0.2, -0.15) is 0 Å². The van der Waals surface area contributed by atoms with Crippen LogP contribution in [0.15, 0.2) is 48.5 Å². The minimum Gasteiger partial charge on any atom is -0.457 e. The van der Waals surface area contributed by atoms with Crippen LogP contribution in [0.1, 0.15) is 76.7 Å². The highest BCUT2D eigenvalue weighted by molar-refractivity contribution is 6.00. The van der Waals surface area contributed by atoms with Crippen LogP contribution in [-0.2, 0) is 16.0 Å². The molecule has 8 heteroatoms. The Morgan fingerprint density at radius 3 is 2.41 bits per heavy atom. The van der Waals surface area contributed by atoms with Crippen molar-refractivity contribution in [1.82, 2.24) is 15.1 Å². The van der Waals surface area contributed by atoms with Gasteiger partial charge in [-0.1, -0.05) is 57.6 Å². The lowest BCUT2D eigenvalue weighted by Crippen LogP contribution is -2.73. The number of piperazine rings is 1. The van der Waals surface area contributed by atoms with Crippen LogP contribution in [0.25, 0.3) is 0 Å². The largest absolute Gasteiger partial charge is 0.457 e. The van der Waals surface area contributed by atoms with Crippen molar-refractivity contribution >= 4 is 24.2 Å². The molecule has 0 radical (unpaired) electrons. The lowest BCUT2D eigenvalue weighted by Gasteiger charge is -2.52. The number of halogens is 2. The lowest BCUT2D eigenvalue weighted by molar-refractivity contribution is -0.161. The second-order valence-corrected chi connectivity index (χ2v) is 11.9. The fraction of sp³-hybridized carbons (Fsp3) is 0.576. The second kappa shape index (κ2) is 14.5. The van der Waals surface area contributed by atoms with Crippen molar-refractivity contribution < 1.29 is 18.7 Å². The smallest absolute Gasteiger partial charge is 0.246 e. The normalized spacial score (nSPS) is 21.4. The number of hydrogen-bond donors (Lipinski definition) is 1. The zero-order chi connectivity index (χ0) is 28.0. The average Bonchev–Trinajstić information content (AvgIpc) is 2.97. The van der Waals surface area contributed by atoms with Gasteiger partial charge in [-0.3, -0.25) is 9.59 Å². The highest BCUT2D eigenvalue weighted by Crippen LogP contribution is 2.36. The van der Waals surface area contributed by atoms with Crippen LogP contribution in [-0.4, -0.2) is 59.4 Å². The molecule has 2 heterocycles. The first-order valence-electron chi connectivity index (χ1n) is 15.3. The Morgan fingerprint density at radius 1 is 0.976 bits per heavy atom. The molecule has 1 aliphatic carbocycles. The summed E-state index contributed by atoms with van der Waals surface area (Å²) in [5.41, 5.74) is 0.454. The molecule has 3 fully saturated rings. The summed E-state index contributed by atoms with van der Waals surface area (Å²) in [6.45, 7) is 5.28. The van der Waals surface area contributed by atoms with Crippen molar-refractivity contribution in [2.45, 2.75) is 89.1 Å². The zero-order valence-corrected chi connectivity index (χ0v) is 25.1. The van der Waals surface area contributed by atoms with Gasteiger partial charge in [0.15, 0.2) is 0 Å². The van der Waals surface area contributed by atoms with Gasteiger partial charge in [-0.25, -0.2) is 4.39 Å². The molecule has 3 aliphatic rings. The molecule has 6 nitrogen and oxygen atoms in total. The molecule has 0 aromatic heterocycles. The minimum atomic E-state index is -0.714. The Balaban J connectivity index is 0.00000387. The van der Waals surface area contributed by atoms with E-state index >= 15 is 0 Å². The average molecular weight is 586 g/mol. The summed E-state index contributed by atoms with van der Waals surface area (Å²) in [5, 5.41) is 3.20. The van der Waals surface area contributed by atoms with Crippen molar-refractivity contribution in [2.24, 2.45) is 5.92 Å². The summed E-state index contributed by atoms with van der Waals surface area (Å²) in [7, 11) is 0. The molecule has 2 aromatic carbocycles. The number of unbranched alkanes of at least 4 members (excludes halogenated alkanes) is 1. The molecular formula is C33H45ClFN3O3. The van der Waals surface area contributed by atoms with Gasteiger partial charge in [-0.15, -0.1) is 12.4 Å². The maximum absolute atomic E-state index is 13.8. The van der Waals surface area contributed by atoms with Crippen LogP contribution in [0.5, 0.6) is 11.5 Å². The third-order valence-corrected chi connectivity index (χ3v) is 9.19. The Bertz CT molecular complexity index is 1150. The van der Waals surface area contributed by atoms with Gasteiger partial charge in [0.25, 0.3) is 0 Å². The van der Waals surface area contributed by atoms with Crippen LogP contribution in [0, 0.1) is 11.7 Å². The van der Waals surface area contributed by atoms with Gasteiger partial charge in [0.1, 0.15) is 28.9 Å². The first kappa shape index (κ1) is 31.3. The van der Waals surface area contributed by atoms with Crippen LogP contribution >= 0.6 is 12.4 Å². The van der Waals surface area contributed by atoms with E-state index in [1.54, 1.807) is 12.1 Å². The Labute approximate surface area is 250 Å².